The van der Waals surface area contributed by atoms with Crippen molar-refractivity contribution in [1.29, 1.82) is 0 Å². The van der Waals surface area contributed by atoms with Crippen LogP contribution in [-0.2, 0) is 19.1 Å². The molecular weight excluding hydrogens is 592 g/mol. The summed E-state index contributed by atoms with van der Waals surface area (Å²) in [6.45, 7) is 2.79. The van der Waals surface area contributed by atoms with E-state index in [9.17, 15) is 24.8 Å². The van der Waals surface area contributed by atoms with Crippen LogP contribution >= 0.6 is 15.9 Å². The second kappa shape index (κ2) is 12.3. The zero-order valence-corrected chi connectivity index (χ0v) is 24.6. The number of amides is 2. The quantitative estimate of drug-likeness (QED) is 0.145. The van der Waals surface area contributed by atoms with Crippen LogP contribution in [0.25, 0.3) is 6.08 Å². The lowest BCUT2D eigenvalue weighted by Crippen LogP contribution is -2.35. The molecule has 2 aromatic carbocycles. The van der Waals surface area contributed by atoms with Crippen LogP contribution in [0.1, 0.15) is 44.6 Å². The summed E-state index contributed by atoms with van der Waals surface area (Å²) in [7, 11) is 1.61. The highest BCUT2D eigenvalue weighted by Gasteiger charge is 2.57. The van der Waals surface area contributed by atoms with E-state index in [1.54, 1.807) is 25.3 Å². The van der Waals surface area contributed by atoms with Crippen molar-refractivity contribution in [3.63, 3.8) is 0 Å². The molecule has 2 saturated heterocycles. The number of imide groups is 1. The lowest BCUT2D eigenvalue weighted by molar-refractivity contribution is -0.384. The Hall–Kier alpha value is -3.34. The van der Waals surface area contributed by atoms with Gasteiger partial charge in [-0.1, -0.05) is 47.0 Å². The highest BCUT2D eigenvalue weighted by Crippen LogP contribution is 2.50. The van der Waals surface area contributed by atoms with Crippen LogP contribution in [0.3, 0.4) is 0 Å². The summed E-state index contributed by atoms with van der Waals surface area (Å²) >= 11 is 3.47. The van der Waals surface area contributed by atoms with Gasteiger partial charge in [0.1, 0.15) is 5.75 Å². The number of ether oxygens (including phenoxy) is 2. The monoisotopic (exact) mass is 624 g/mol. The fourth-order valence-corrected chi connectivity index (χ4v) is 6.93. The fourth-order valence-electron chi connectivity index (χ4n) is 6.55. The number of carbonyl (C=O) groups is 2. The van der Waals surface area contributed by atoms with E-state index in [1.807, 2.05) is 12.1 Å². The van der Waals surface area contributed by atoms with Crippen molar-refractivity contribution in [2.24, 2.45) is 17.8 Å². The second-order valence-electron chi connectivity index (χ2n) is 10.8. The summed E-state index contributed by atoms with van der Waals surface area (Å²) in [5.41, 5.74) is 4.04. The molecule has 41 heavy (non-hydrogen) atoms. The Morgan fingerprint density at radius 1 is 1.20 bits per heavy atom. The number of nitro groups is 1. The van der Waals surface area contributed by atoms with E-state index in [1.165, 1.54) is 23.8 Å². The van der Waals surface area contributed by atoms with Gasteiger partial charge in [0.25, 0.3) is 5.69 Å². The van der Waals surface area contributed by atoms with Gasteiger partial charge < -0.3 is 14.6 Å². The van der Waals surface area contributed by atoms with Crippen LogP contribution in [0.4, 0.5) is 11.4 Å². The number of halogens is 1. The zero-order chi connectivity index (χ0) is 29.3. The molecule has 2 amide bonds. The first-order valence-corrected chi connectivity index (χ1v) is 14.6. The molecule has 2 aliphatic heterocycles. The lowest BCUT2D eigenvalue weighted by atomic mass is 9.69. The third kappa shape index (κ3) is 5.73. The molecule has 9 nitrogen and oxygen atoms in total. The standard InChI is InChI=1S/C31H33BrN2O7/c1-3-5-18(12-19-13-21(32)9-10-26(19)35)8-11-27-28-20(16-40-2)14-24-29(25(28)17-41-27)31(37)33(30(24)36)22-6-4-7-23(15-22)34(38)39/h4,6-7,9-10,12-13,15,24-25,27,29,35H,3,5,8,11,14,16-17H2,1-2H3/b18-12+/t24-,25+,27-,29-/m1/s1. The van der Waals surface area contributed by atoms with Crippen LogP contribution in [0.15, 0.2) is 63.7 Å². The maximum absolute atomic E-state index is 13.7. The molecule has 5 rings (SSSR count). The van der Waals surface area contributed by atoms with Gasteiger partial charge in [-0.05, 0) is 61.1 Å². The van der Waals surface area contributed by atoms with Gasteiger partial charge in [0.05, 0.1) is 41.8 Å². The van der Waals surface area contributed by atoms with Gasteiger partial charge in [-0.15, -0.1) is 0 Å². The highest BCUT2D eigenvalue weighted by molar-refractivity contribution is 9.10. The van der Waals surface area contributed by atoms with Crippen molar-refractivity contribution in [3.8, 4) is 5.75 Å². The molecule has 216 valence electrons. The van der Waals surface area contributed by atoms with Gasteiger partial charge in [0.2, 0.25) is 11.8 Å². The number of methoxy groups -OCH3 is 1. The Balaban J connectivity index is 1.40. The van der Waals surface area contributed by atoms with Gasteiger partial charge >= 0.3 is 0 Å². The number of nitrogens with zero attached hydrogens (tertiary/aromatic N) is 2. The summed E-state index contributed by atoms with van der Waals surface area (Å²) in [4.78, 5) is 39.2. The molecule has 3 aliphatic rings. The zero-order valence-electron chi connectivity index (χ0n) is 23.0. The van der Waals surface area contributed by atoms with Crippen LogP contribution in [0.5, 0.6) is 5.75 Å². The second-order valence-corrected chi connectivity index (χ2v) is 11.8. The molecular formula is C31H33BrN2O7. The topological polar surface area (TPSA) is 119 Å². The maximum atomic E-state index is 13.7. The van der Waals surface area contributed by atoms with E-state index in [4.69, 9.17) is 9.47 Å². The van der Waals surface area contributed by atoms with E-state index in [2.05, 4.69) is 22.9 Å². The van der Waals surface area contributed by atoms with Crippen molar-refractivity contribution < 1.29 is 29.1 Å². The van der Waals surface area contributed by atoms with Gasteiger partial charge in [0, 0.05) is 35.2 Å². The Labute approximate surface area is 247 Å². The number of phenols is 1. The highest BCUT2D eigenvalue weighted by atomic mass is 79.9. The SMILES string of the molecule is CCC/C(=C\c1cc(Br)ccc1O)CC[C@H]1OC[C@H]2C1=C(COC)C[C@H]1C(=O)N(c3cccc([N+](=O)[O-])c3)C(=O)[C@H]12. The molecule has 0 spiro atoms. The number of anilines is 1. The molecule has 2 aromatic rings. The number of hydrogen-bond donors (Lipinski definition) is 1. The predicted molar refractivity (Wildman–Crippen MR) is 157 cm³/mol. The Bertz CT molecular complexity index is 1440. The van der Waals surface area contributed by atoms with Crippen molar-refractivity contribution in [3.05, 3.63) is 79.3 Å². The van der Waals surface area contributed by atoms with E-state index in [0.717, 1.165) is 45.3 Å². The molecule has 1 aliphatic carbocycles. The molecule has 2 fully saturated rings. The van der Waals surface area contributed by atoms with E-state index in [-0.39, 0.29) is 41.0 Å². The summed E-state index contributed by atoms with van der Waals surface area (Å²) < 4.78 is 12.7. The lowest BCUT2D eigenvalue weighted by Gasteiger charge is -2.31. The summed E-state index contributed by atoms with van der Waals surface area (Å²) in [5, 5.41) is 21.7. The molecule has 0 unspecified atom stereocenters. The van der Waals surface area contributed by atoms with Crippen LogP contribution in [0, 0.1) is 27.9 Å². The van der Waals surface area contributed by atoms with Crippen molar-refractivity contribution in [2.45, 2.75) is 45.1 Å². The molecule has 0 aromatic heterocycles. The number of fused-ring (bicyclic) bond motifs is 3. The Morgan fingerprint density at radius 2 is 2.00 bits per heavy atom. The Morgan fingerprint density at radius 3 is 2.73 bits per heavy atom. The van der Waals surface area contributed by atoms with Crippen LogP contribution < -0.4 is 4.90 Å². The first-order chi connectivity index (χ1) is 19.7. The van der Waals surface area contributed by atoms with Crippen molar-refractivity contribution in [1.82, 2.24) is 0 Å². The molecule has 0 bridgehead atoms. The average Bonchev–Trinajstić information content (AvgIpc) is 3.48. The van der Waals surface area contributed by atoms with Gasteiger partial charge in [0.15, 0.2) is 0 Å². The Kier molecular flexibility index (Phi) is 8.72. The van der Waals surface area contributed by atoms with Gasteiger partial charge in [-0.2, -0.15) is 0 Å². The van der Waals surface area contributed by atoms with E-state index < -0.39 is 16.8 Å². The number of carbonyl (C=O) groups excluding carboxylic acids is 2. The maximum Gasteiger partial charge on any atom is 0.271 e. The summed E-state index contributed by atoms with van der Waals surface area (Å²) in [6.07, 6.45) is 5.51. The van der Waals surface area contributed by atoms with Crippen LogP contribution in [-0.4, -0.2) is 48.3 Å². The van der Waals surface area contributed by atoms with Crippen molar-refractivity contribution in [2.75, 3.05) is 25.2 Å². The normalized spacial score (nSPS) is 24.2. The molecule has 10 heteroatoms. The largest absolute Gasteiger partial charge is 0.507 e. The van der Waals surface area contributed by atoms with Crippen molar-refractivity contribution >= 4 is 45.2 Å². The minimum Gasteiger partial charge on any atom is -0.507 e. The first kappa shape index (κ1) is 29.2. The molecule has 0 radical (unpaired) electrons. The minimum absolute atomic E-state index is 0.173. The number of phenolic OH excluding ortho intramolecular Hbond substituents is 1. The number of nitro benzene ring substituents is 1. The third-order valence-electron chi connectivity index (χ3n) is 8.27. The van der Waals surface area contributed by atoms with Crippen LogP contribution in [0.2, 0.25) is 0 Å². The number of rotatable bonds is 10. The number of allylic oxidation sites excluding steroid dienone is 1. The number of hydrogen-bond acceptors (Lipinski definition) is 7. The third-order valence-corrected chi connectivity index (χ3v) is 8.77. The minimum atomic E-state index is -0.577. The number of non-ortho nitro benzene ring substituents is 1. The summed E-state index contributed by atoms with van der Waals surface area (Å²) in [5.74, 6) is -1.83. The summed E-state index contributed by atoms with van der Waals surface area (Å²) in [6, 6.07) is 11.0. The van der Waals surface area contributed by atoms with Gasteiger partial charge in [-0.25, -0.2) is 4.90 Å². The number of aromatic hydroxyl groups is 1. The fraction of sp³-hybridized carbons (Fsp3) is 0.419. The molecule has 0 saturated carbocycles. The van der Waals surface area contributed by atoms with E-state index in [0.29, 0.717) is 26.1 Å². The van der Waals surface area contributed by atoms with E-state index >= 15 is 0 Å². The molecule has 1 N–H and O–H groups in total. The average molecular weight is 626 g/mol. The predicted octanol–water partition coefficient (Wildman–Crippen LogP) is 6.19. The number of benzene rings is 2. The molecule has 2 heterocycles. The molecule has 4 atom stereocenters. The van der Waals surface area contributed by atoms with Gasteiger partial charge in [-0.3, -0.25) is 19.7 Å². The smallest absolute Gasteiger partial charge is 0.271 e. The first-order valence-electron chi connectivity index (χ1n) is 13.9.